The van der Waals surface area contributed by atoms with E-state index in [0.717, 1.165) is 29.6 Å². The standard InChI is InChI=1S/C21H24N4O4/c1-4-5-6-11-29-16-9-7-14(8-10-16)19(26)23-15-12-17-18(22-13-15)24(2)21(28)25(3)20(17)27/h7-10,12-13H,4-6,11H2,1-3H3,(H,23,26). The number of nitrogens with one attached hydrogen (secondary N) is 1. The van der Waals surface area contributed by atoms with Gasteiger partial charge in [0.25, 0.3) is 11.5 Å². The summed E-state index contributed by atoms with van der Waals surface area (Å²) in [6.07, 6.45) is 4.68. The number of amides is 1. The van der Waals surface area contributed by atoms with Crippen LogP contribution in [0, 0.1) is 0 Å². The first-order chi connectivity index (χ1) is 13.9. The quantitative estimate of drug-likeness (QED) is 0.619. The van der Waals surface area contributed by atoms with Gasteiger partial charge in [-0.05, 0) is 36.8 Å². The van der Waals surface area contributed by atoms with Crippen LogP contribution in [0.4, 0.5) is 5.69 Å². The summed E-state index contributed by atoms with van der Waals surface area (Å²) in [4.78, 5) is 41.0. The lowest BCUT2D eigenvalue weighted by Crippen LogP contribution is -2.37. The maximum Gasteiger partial charge on any atom is 0.332 e. The van der Waals surface area contributed by atoms with E-state index < -0.39 is 11.2 Å². The summed E-state index contributed by atoms with van der Waals surface area (Å²) in [6, 6.07) is 8.40. The predicted molar refractivity (Wildman–Crippen MR) is 112 cm³/mol. The maximum absolute atomic E-state index is 12.5. The van der Waals surface area contributed by atoms with Crippen LogP contribution >= 0.6 is 0 Å². The summed E-state index contributed by atoms with van der Waals surface area (Å²) in [5.41, 5.74) is 0.179. The van der Waals surface area contributed by atoms with E-state index in [2.05, 4.69) is 17.2 Å². The van der Waals surface area contributed by atoms with Gasteiger partial charge >= 0.3 is 5.69 Å². The maximum atomic E-state index is 12.5. The van der Waals surface area contributed by atoms with E-state index in [9.17, 15) is 14.4 Å². The molecule has 29 heavy (non-hydrogen) atoms. The van der Waals surface area contributed by atoms with Crippen LogP contribution in [0.3, 0.4) is 0 Å². The summed E-state index contributed by atoms with van der Waals surface area (Å²) < 4.78 is 7.95. The van der Waals surface area contributed by atoms with Crippen LogP contribution in [-0.4, -0.2) is 26.6 Å². The first-order valence-corrected chi connectivity index (χ1v) is 9.52. The van der Waals surface area contributed by atoms with Gasteiger partial charge in [0.1, 0.15) is 11.4 Å². The van der Waals surface area contributed by atoms with Gasteiger partial charge in [-0.1, -0.05) is 19.8 Å². The van der Waals surface area contributed by atoms with Gasteiger partial charge in [0, 0.05) is 19.7 Å². The predicted octanol–water partition coefficient (Wildman–Crippen LogP) is 2.45. The van der Waals surface area contributed by atoms with Crippen molar-refractivity contribution in [2.45, 2.75) is 26.2 Å². The highest BCUT2D eigenvalue weighted by Gasteiger charge is 2.12. The highest BCUT2D eigenvalue weighted by molar-refractivity contribution is 6.04. The third-order valence-corrected chi connectivity index (χ3v) is 4.68. The molecule has 0 spiro atoms. The van der Waals surface area contributed by atoms with Crippen LogP contribution in [0.25, 0.3) is 11.0 Å². The zero-order valence-corrected chi connectivity index (χ0v) is 16.8. The molecule has 0 aliphatic heterocycles. The monoisotopic (exact) mass is 396 g/mol. The minimum atomic E-state index is -0.462. The van der Waals surface area contributed by atoms with Crippen LogP contribution in [0.1, 0.15) is 36.5 Å². The summed E-state index contributed by atoms with van der Waals surface area (Å²) >= 11 is 0. The van der Waals surface area contributed by atoms with Crippen LogP contribution in [-0.2, 0) is 14.1 Å². The topological polar surface area (TPSA) is 95.2 Å². The number of hydrogen-bond acceptors (Lipinski definition) is 5. The van der Waals surface area contributed by atoms with Crippen molar-refractivity contribution in [3.05, 3.63) is 62.9 Å². The lowest BCUT2D eigenvalue weighted by Gasteiger charge is -2.10. The van der Waals surface area contributed by atoms with E-state index in [4.69, 9.17) is 4.74 Å². The van der Waals surface area contributed by atoms with Gasteiger partial charge in [0.05, 0.1) is 23.9 Å². The fourth-order valence-corrected chi connectivity index (χ4v) is 2.98. The first kappa shape index (κ1) is 20.3. The smallest absolute Gasteiger partial charge is 0.332 e. The Labute approximate surface area is 167 Å². The largest absolute Gasteiger partial charge is 0.494 e. The summed E-state index contributed by atoms with van der Waals surface area (Å²) in [5.74, 6) is 0.389. The number of anilines is 1. The molecule has 1 aromatic carbocycles. The molecule has 8 nitrogen and oxygen atoms in total. The number of rotatable bonds is 7. The fraction of sp³-hybridized carbons (Fsp3) is 0.333. The second kappa shape index (κ2) is 8.72. The van der Waals surface area contributed by atoms with Gasteiger partial charge in [-0.3, -0.25) is 18.7 Å². The molecule has 0 aliphatic carbocycles. The van der Waals surface area contributed by atoms with Gasteiger partial charge in [-0.25, -0.2) is 9.78 Å². The number of aryl methyl sites for hydroxylation is 1. The van der Waals surface area contributed by atoms with E-state index in [1.807, 2.05) is 0 Å². The van der Waals surface area contributed by atoms with E-state index in [-0.39, 0.29) is 16.9 Å². The molecule has 3 aromatic rings. The Bertz CT molecular complexity index is 1150. The highest BCUT2D eigenvalue weighted by atomic mass is 16.5. The number of benzene rings is 1. The molecule has 8 heteroatoms. The molecule has 3 rings (SSSR count). The molecule has 2 heterocycles. The number of ether oxygens (including phenoxy) is 1. The van der Waals surface area contributed by atoms with Crippen molar-refractivity contribution >= 4 is 22.6 Å². The van der Waals surface area contributed by atoms with Gasteiger partial charge in [0.2, 0.25) is 0 Å². The minimum absolute atomic E-state index is 0.253. The van der Waals surface area contributed by atoms with E-state index in [1.165, 1.54) is 23.9 Å². The molecule has 0 unspecified atom stereocenters. The third kappa shape index (κ3) is 4.37. The highest BCUT2D eigenvalue weighted by Crippen LogP contribution is 2.16. The summed E-state index contributed by atoms with van der Waals surface area (Å²) in [6.45, 7) is 2.79. The van der Waals surface area contributed by atoms with Crippen molar-refractivity contribution < 1.29 is 9.53 Å². The van der Waals surface area contributed by atoms with Gasteiger partial charge in [-0.15, -0.1) is 0 Å². The Morgan fingerprint density at radius 1 is 1.10 bits per heavy atom. The third-order valence-electron chi connectivity index (χ3n) is 4.68. The molecule has 0 saturated carbocycles. The second-order valence-electron chi connectivity index (χ2n) is 6.83. The number of carbonyl (C=O) groups excluding carboxylic acids is 1. The molecule has 152 valence electrons. The molecule has 0 aliphatic rings. The second-order valence-corrected chi connectivity index (χ2v) is 6.83. The van der Waals surface area contributed by atoms with E-state index in [1.54, 1.807) is 31.3 Å². The van der Waals surface area contributed by atoms with Gasteiger partial charge < -0.3 is 10.1 Å². The zero-order chi connectivity index (χ0) is 21.0. The van der Waals surface area contributed by atoms with Crippen molar-refractivity contribution in [1.29, 1.82) is 0 Å². The fourth-order valence-electron chi connectivity index (χ4n) is 2.98. The SMILES string of the molecule is CCCCCOc1ccc(C(=O)Nc2cnc3c(c2)c(=O)n(C)c(=O)n3C)cc1. The Morgan fingerprint density at radius 2 is 1.83 bits per heavy atom. The molecule has 0 saturated heterocycles. The first-order valence-electron chi connectivity index (χ1n) is 9.52. The number of nitrogens with zero attached hydrogens (tertiary/aromatic N) is 3. The summed E-state index contributed by atoms with van der Waals surface area (Å²) in [5, 5.41) is 2.99. The zero-order valence-electron chi connectivity index (χ0n) is 16.8. The van der Waals surface area contributed by atoms with Crippen molar-refractivity contribution in [3.8, 4) is 5.75 Å². The van der Waals surface area contributed by atoms with E-state index in [0.29, 0.717) is 17.9 Å². The lowest BCUT2D eigenvalue weighted by molar-refractivity contribution is 0.102. The van der Waals surface area contributed by atoms with Crippen molar-refractivity contribution in [1.82, 2.24) is 14.1 Å². The number of fused-ring (bicyclic) bond motifs is 1. The van der Waals surface area contributed by atoms with Gasteiger partial charge in [0.15, 0.2) is 0 Å². The van der Waals surface area contributed by atoms with Crippen molar-refractivity contribution in [2.24, 2.45) is 14.1 Å². The van der Waals surface area contributed by atoms with Crippen molar-refractivity contribution in [3.63, 3.8) is 0 Å². The Balaban J connectivity index is 1.76. The van der Waals surface area contributed by atoms with Crippen molar-refractivity contribution in [2.75, 3.05) is 11.9 Å². The summed E-state index contributed by atoms with van der Waals surface area (Å²) in [7, 11) is 2.95. The molecule has 1 amide bonds. The number of carbonyl (C=O) groups is 1. The normalized spacial score (nSPS) is 10.9. The van der Waals surface area contributed by atoms with Crippen LogP contribution in [0.5, 0.6) is 5.75 Å². The van der Waals surface area contributed by atoms with Crippen LogP contribution in [0.15, 0.2) is 46.1 Å². The molecule has 0 fully saturated rings. The molecular formula is C21H24N4O4. The van der Waals surface area contributed by atoms with Crippen LogP contribution < -0.4 is 21.3 Å². The molecule has 2 aromatic heterocycles. The minimum Gasteiger partial charge on any atom is -0.494 e. The Morgan fingerprint density at radius 3 is 2.52 bits per heavy atom. The Hall–Kier alpha value is -3.42. The molecule has 1 N–H and O–H groups in total. The average molecular weight is 396 g/mol. The number of unbranched alkanes of at least 4 members (excludes halogenated alkanes) is 2. The molecular weight excluding hydrogens is 372 g/mol. The average Bonchev–Trinajstić information content (AvgIpc) is 2.74. The Kier molecular flexibility index (Phi) is 6.11. The molecule has 0 radical (unpaired) electrons. The number of pyridine rings is 1. The molecule has 0 atom stereocenters. The number of hydrogen-bond donors (Lipinski definition) is 1. The van der Waals surface area contributed by atoms with E-state index >= 15 is 0 Å². The van der Waals surface area contributed by atoms with Crippen LogP contribution in [0.2, 0.25) is 0 Å². The lowest BCUT2D eigenvalue weighted by atomic mass is 10.2. The molecule has 0 bridgehead atoms. The van der Waals surface area contributed by atoms with Gasteiger partial charge in [-0.2, -0.15) is 0 Å². The number of aromatic nitrogens is 3.